The largest absolute Gasteiger partial charge is 0.313 e. The molecule has 2 aliphatic carbocycles. The first-order valence-corrected chi connectivity index (χ1v) is 7.91. The molecule has 4 heteroatoms. The normalized spacial score (nSPS) is 21.9. The fourth-order valence-electron chi connectivity index (χ4n) is 3.35. The molecule has 2 saturated carbocycles. The van der Waals surface area contributed by atoms with Gasteiger partial charge in [-0.1, -0.05) is 19.8 Å². The van der Waals surface area contributed by atoms with Crippen molar-refractivity contribution < 1.29 is 0 Å². The van der Waals surface area contributed by atoms with E-state index in [1.165, 1.54) is 50.9 Å². The Kier molecular flexibility index (Phi) is 3.87. The summed E-state index contributed by atoms with van der Waals surface area (Å²) < 4.78 is 2.11. The molecular weight excluding hydrogens is 236 g/mol. The molecule has 0 aliphatic heterocycles. The molecule has 106 valence electrons. The van der Waals surface area contributed by atoms with Gasteiger partial charge >= 0.3 is 0 Å². The molecule has 2 aliphatic rings. The van der Waals surface area contributed by atoms with Gasteiger partial charge in [-0.25, -0.2) is 4.98 Å². The highest BCUT2D eigenvalue weighted by Gasteiger charge is 2.36. The summed E-state index contributed by atoms with van der Waals surface area (Å²) in [6.07, 6.45) is 12.2. The molecule has 0 spiro atoms. The van der Waals surface area contributed by atoms with Crippen LogP contribution in [0, 0.1) is 5.41 Å². The number of hydrogen-bond acceptors (Lipinski definition) is 3. The lowest BCUT2D eigenvalue weighted by Crippen LogP contribution is -2.36. The zero-order chi connectivity index (χ0) is 13.1. The van der Waals surface area contributed by atoms with Gasteiger partial charge in [-0.05, 0) is 37.5 Å². The molecule has 1 heterocycles. The monoisotopic (exact) mass is 262 g/mol. The summed E-state index contributed by atoms with van der Waals surface area (Å²) in [4.78, 5) is 4.51. The van der Waals surface area contributed by atoms with Crippen molar-refractivity contribution in [2.24, 2.45) is 5.41 Å². The molecule has 0 atom stereocenters. The van der Waals surface area contributed by atoms with Crippen molar-refractivity contribution in [1.82, 2.24) is 20.1 Å². The van der Waals surface area contributed by atoms with Crippen LogP contribution in [0.2, 0.25) is 0 Å². The van der Waals surface area contributed by atoms with Crippen LogP contribution in [0.1, 0.15) is 57.7 Å². The van der Waals surface area contributed by atoms with E-state index in [9.17, 15) is 0 Å². The molecule has 0 bridgehead atoms. The molecule has 3 rings (SSSR count). The minimum atomic E-state index is 0.446. The molecule has 0 radical (unpaired) electrons. The van der Waals surface area contributed by atoms with E-state index in [-0.39, 0.29) is 0 Å². The van der Waals surface area contributed by atoms with Crippen molar-refractivity contribution in [3.05, 3.63) is 12.2 Å². The molecule has 0 saturated heterocycles. The Bertz CT molecular complexity index is 402. The Morgan fingerprint density at radius 1 is 1.37 bits per heavy atom. The van der Waals surface area contributed by atoms with Crippen molar-refractivity contribution in [3.8, 4) is 0 Å². The van der Waals surface area contributed by atoms with Crippen molar-refractivity contribution >= 4 is 0 Å². The first kappa shape index (κ1) is 13.1. The second kappa shape index (κ2) is 5.61. The summed E-state index contributed by atoms with van der Waals surface area (Å²) in [5, 5.41) is 8.12. The van der Waals surface area contributed by atoms with Crippen molar-refractivity contribution in [2.45, 2.75) is 70.9 Å². The van der Waals surface area contributed by atoms with Crippen LogP contribution in [-0.2, 0) is 13.0 Å². The summed E-state index contributed by atoms with van der Waals surface area (Å²) in [7, 11) is 0. The molecule has 1 aromatic heterocycles. The SMILES string of the molecule is CCCn1ncnc1CC1(CNC2CC2)CCCC1. The fourth-order valence-corrected chi connectivity index (χ4v) is 3.35. The van der Waals surface area contributed by atoms with Crippen molar-refractivity contribution in [3.63, 3.8) is 0 Å². The molecule has 19 heavy (non-hydrogen) atoms. The van der Waals surface area contributed by atoms with Gasteiger partial charge in [-0.15, -0.1) is 0 Å². The molecule has 0 aromatic carbocycles. The van der Waals surface area contributed by atoms with Crippen LogP contribution >= 0.6 is 0 Å². The Morgan fingerprint density at radius 3 is 2.84 bits per heavy atom. The minimum absolute atomic E-state index is 0.446. The highest BCUT2D eigenvalue weighted by atomic mass is 15.3. The maximum absolute atomic E-state index is 4.51. The third-order valence-corrected chi connectivity index (χ3v) is 4.67. The van der Waals surface area contributed by atoms with E-state index in [0.717, 1.165) is 25.4 Å². The van der Waals surface area contributed by atoms with E-state index in [2.05, 4.69) is 27.0 Å². The Morgan fingerprint density at radius 2 is 2.16 bits per heavy atom. The lowest BCUT2D eigenvalue weighted by Gasteiger charge is -2.29. The zero-order valence-corrected chi connectivity index (χ0v) is 12.1. The predicted octanol–water partition coefficient (Wildman–Crippen LogP) is 2.54. The summed E-state index contributed by atoms with van der Waals surface area (Å²) in [5.74, 6) is 1.20. The Hall–Kier alpha value is -0.900. The van der Waals surface area contributed by atoms with Gasteiger partial charge in [0.15, 0.2) is 0 Å². The zero-order valence-electron chi connectivity index (χ0n) is 12.1. The number of nitrogens with one attached hydrogen (secondary N) is 1. The quantitative estimate of drug-likeness (QED) is 0.821. The van der Waals surface area contributed by atoms with E-state index in [4.69, 9.17) is 0 Å². The maximum Gasteiger partial charge on any atom is 0.138 e. The van der Waals surface area contributed by atoms with E-state index in [1.807, 2.05) is 0 Å². The second-order valence-electron chi connectivity index (χ2n) is 6.44. The van der Waals surface area contributed by atoms with E-state index >= 15 is 0 Å². The van der Waals surface area contributed by atoms with Crippen LogP contribution in [0.5, 0.6) is 0 Å². The first-order valence-electron chi connectivity index (χ1n) is 7.91. The highest BCUT2D eigenvalue weighted by molar-refractivity contribution is 4.99. The van der Waals surface area contributed by atoms with Gasteiger partial charge in [0.2, 0.25) is 0 Å². The predicted molar refractivity (Wildman–Crippen MR) is 75.9 cm³/mol. The van der Waals surface area contributed by atoms with Crippen molar-refractivity contribution in [1.29, 1.82) is 0 Å². The maximum atomic E-state index is 4.51. The Balaban J connectivity index is 1.67. The van der Waals surface area contributed by atoms with Crippen LogP contribution in [0.25, 0.3) is 0 Å². The molecule has 2 fully saturated rings. The number of aromatic nitrogens is 3. The molecule has 1 aromatic rings. The van der Waals surface area contributed by atoms with Gasteiger partial charge in [0.25, 0.3) is 0 Å². The standard InChI is InChI=1S/C15H26N4/c1-2-9-19-14(17-12-18-19)10-15(7-3-4-8-15)11-16-13-5-6-13/h12-13,16H,2-11H2,1H3. The third kappa shape index (κ3) is 3.16. The van der Waals surface area contributed by atoms with E-state index in [0.29, 0.717) is 5.41 Å². The molecular formula is C15H26N4. The number of aryl methyl sites for hydroxylation is 1. The van der Waals surface area contributed by atoms with Crippen LogP contribution < -0.4 is 5.32 Å². The Labute approximate surface area is 116 Å². The molecule has 0 amide bonds. The van der Waals surface area contributed by atoms with Gasteiger partial charge in [0.1, 0.15) is 12.2 Å². The topological polar surface area (TPSA) is 42.7 Å². The molecule has 1 N–H and O–H groups in total. The van der Waals surface area contributed by atoms with Crippen LogP contribution in [-0.4, -0.2) is 27.4 Å². The third-order valence-electron chi connectivity index (χ3n) is 4.67. The van der Waals surface area contributed by atoms with Crippen LogP contribution in [0.4, 0.5) is 0 Å². The van der Waals surface area contributed by atoms with Gasteiger partial charge in [0, 0.05) is 25.6 Å². The van der Waals surface area contributed by atoms with E-state index in [1.54, 1.807) is 6.33 Å². The van der Waals surface area contributed by atoms with Crippen LogP contribution in [0.15, 0.2) is 6.33 Å². The highest BCUT2D eigenvalue weighted by Crippen LogP contribution is 2.40. The molecule has 4 nitrogen and oxygen atoms in total. The smallest absolute Gasteiger partial charge is 0.138 e. The van der Waals surface area contributed by atoms with Gasteiger partial charge in [-0.3, -0.25) is 4.68 Å². The van der Waals surface area contributed by atoms with Gasteiger partial charge < -0.3 is 5.32 Å². The van der Waals surface area contributed by atoms with Crippen LogP contribution in [0.3, 0.4) is 0 Å². The number of hydrogen-bond donors (Lipinski definition) is 1. The lowest BCUT2D eigenvalue weighted by molar-refractivity contribution is 0.266. The average molecular weight is 262 g/mol. The molecule has 0 unspecified atom stereocenters. The summed E-state index contributed by atoms with van der Waals surface area (Å²) in [5.41, 5.74) is 0.446. The number of rotatable bonds is 7. The van der Waals surface area contributed by atoms with Gasteiger partial charge in [-0.2, -0.15) is 5.10 Å². The summed E-state index contributed by atoms with van der Waals surface area (Å²) >= 11 is 0. The summed E-state index contributed by atoms with van der Waals surface area (Å²) in [6.45, 7) is 4.38. The number of nitrogens with zero attached hydrogens (tertiary/aromatic N) is 3. The minimum Gasteiger partial charge on any atom is -0.313 e. The first-order chi connectivity index (χ1) is 9.31. The lowest BCUT2D eigenvalue weighted by atomic mass is 9.82. The van der Waals surface area contributed by atoms with Gasteiger partial charge in [0.05, 0.1) is 0 Å². The van der Waals surface area contributed by atoms with Crippen molar-refractivity contribution in [2.75, 3.05) is 6.54 Å². The van der Waals surface area contributed by atoms with E-state index < -0.39 is 0 Å². The average Bonchev–Trinajstić information content (AvgIpc) is 2.98. The summed E-state index contributed by atoms with van der Waals surface area (Å²) in [6, 6.07) is 0.811. The second-order valence-corrected chi connectivity index (χ2v) is 6.44. The fraction of sp³-hybridized carbons (Fsp3) is 0.867.